The largest absolute Gasteiger partial charge is 0.485 e. The number of halogens is 1. The molecule has 30 heavy (non-hydrogen) atoms. The number of nitrogens with zero attached hydrogens (tertiary/aromatic N) is 2. The number of anilines is 1. The molecule has 0 aliphatic heterocycles. The van der Waals surface area contributed by atoms with Crippen molar-refractivity contribution in [2.45, 2.75) is 20.1 Å². The fourth-order valence-corrected chi connectivity index (χ4v) is 3.32. The molecule has 0 radical (unpaired) electrons. The van der Waals surface area contributed by atoms with Crippen molar-refractivity contribution in [2.75, 3.05) is 5.32 Å². The summed E-state index contributed by atoms with van der Waals surface area (Å²) in [5.74, 6) is 1.30. The highest BCUT2D eigenvalue weighted by Crippen LogP contribution is 2.20. The number of para-hydroxylation sites is 1. The van der Waals surface area contributed by atoms with Crippen molar-refractivity contribution in [3.8, 4) is 5.75 Å². The molecule has 2 aromatic heterocycles. The Kier molecular flexibility index (Phi) is 5.99. The van der Waals surface area contributed by atoms with Gasteiger partial charge in [-0.25, -0.2) is 0 Å². The number of rotatable bonds is 7. The summed E-state index contributed by atoms with van der Waals surface area (Å²) in [4.78, 5) is 12.6. The molecule has 0 atom stereocenters. The van der Waals surface area contributed by atoms with Gasteiger partial charge in [0.2, 0.25) is 0 Å². The van der Waals surface area contributed by atoms with Gasteiger partial charge in [0.15, 0.2) is 5.76 Å². The molecule has 7 heteroatoms. The minimum Gasteiger partial charge on any atom is -0.485 e. The van der Waals surface area contributed by atoms with Gasteiger partial charge < -0.3 is 14.5 Å². The third-order valence-electron chi connectivity index (χ3n) is 4.48. The highest BCUT2D eigenvalue weighted by molar-refractivity contribution is 9.10. The van der Waals surface area contributed by atoms with Gasteiger partial charge in [-0.15, -0.1) is 0 Å². The number of nitrogens with one attached hydrogen (secondary N) is 1. The molecule has 0 unspecified atom stereocenters. The number of hydrogen-bond acceptors (Lipinski definition) is 4. The highest BCUT2D eigenvalue weighted by atomic mass is 79.9. The van der Waals surface area contributed by atoms with E-state index in [1.165, 1.54) is 0 Å². The van der Waals surface area contributed by atoms with Gasteiger partial charge in [-0.05, 0) is 64.3 Å². The maximum Gasteiger partial charge on any atom is 0.291 e. The van der Waals surface area contributed by atoms with E-state index in [1.54, 1.807) is 18.3 Å². The molecule has 2 aromatic carbocycles. The lowest BCUT2D eigenvalue weighted by Gasteiger charge is -2.07. The van der Waals surface area contributed by atoms with Crippen LogP contribution >= 0.6 is 15.9 Å². The van der Waals surface area contributed by atoms with Crippen LogP contribution in [0.4, 0.5) is 5.69 Å². The maximum absolute atomic E-state index is 12.6. The molecule has 0 bridgehead atoms. The van der Waals surface area contributed by atoms with Crippen LogP contribution in [-0.4, -0.2) is 15.7 Å². The SMILES string of the molecule is Cc1ccccc1OCc1ccc(C(=O)Nc2cccc(Cn3cc(Br)cn3)c2)o1. The van der Waals surface area contributed by atoms with Crippen molar-refractivity contribution in [1.29, 1.82) is 0 Å². The molecule has 152 valence electrons. The Bertz CT molecular complexity index is 1170. The van der Waals surface area contributed by atoms with Gasteiger partial charge in [-0.2, -0.15) is 5.10 Å². The van der Waals surface area contributed by atoms with Crippen molar-refractivity contribution >= 4 is 27.5 Å². The van der Waals surface area contributed by atoms with Crippen molar-refractivity contribution < 1.29 is 13.9 Å². The van der Waals surface area contributed by atoms with Crippen molar-refractivity contribution in [3.63, 3.8) is 0 Å². The van der Waals surface area contributed by atoms with Crippen LogP contribution in [-0.2, 0) is 13.2 Å². The van der Waals surface area contributed by atoms with E-state index in [1.807, 2.05) is 66.3 Å². The molecule has 0 saturated heterocycles. The van der Waals surface area contributed by atoms with Gasteiger partial charge in [0.25, 0.3) is 5.91 Å². The Labute approximate surface area is 182 Å². The fraction of sp³-hybridized carbons (Fsp3) is 0.130. The lowest BCUT2D eigenvalue weighted by atomic mass is 10.2. The second kappa shape index (κ2) is 9.00. The van der Waals surface area contributed by atoms with Crippen LogP contribution in [0.15, 0.2) is 81.9 Å². The molecule has 0 aliphatic rings. The molecule has 1 amide bonds. The third kappa shape index (κ3) is 4.99. The van der Waals surface area contributed by atoms with Gasteiger partial charge >= 0.3 is 0 Å². The summed E-state index contributed by atoms with van der Waals surface area (Å²) >= 11 is 3.39. The normalized spacial score (nSPS) is 10.7. The van der Waals surface area contributed by atoms with Gasteiger partial charge in [-0.3, -0.25) is 9.48 Å². The van der Waals surface area contributed by atoms with E-state index < -0.39 is 0 Å². The first kappa shape index (κ1) is 20.0. The number of carbonyl (C=O) groups excluding carboxylic acids is 1. The first-order valence-electron chi connectivity index (χ1n) is 9.42. The van der Waals surface area contributed by atoms with Gasteiger partial charge in [0.1, 0.15) is 18.1 Å². The first-order valence-corrected chi connectivity index (χ1v) is 10.2. The Morgan fingerprint density at radius 1 is 1.17 bits per heavy atom. The van der Waals surface area contributed by atoms with Crippen LogP contribution in [0.5, 0.6) is 5.75 Å². The Morgan fingerprint density at radius 2 is 2.03 bits per heavy atom. The summed E-state index contributed by atoms with van der Waals surface area (Å²) in [5, 5.41) is 7.13. The quantitative estimate of drug-likeness (QED) is 0.395. The van der Waals surface area contributed by atoms with Gasteiger partial charge in [0.05, 0.1) is 17.2 Å². The van der Waals surface area contributed by atoms with Crippen LogP contribution in [0.25, 0.3) is 0 Å². The van der Waals surface area contributed by atoms with Crippen molar-refractivity contribution in [2.24, 2.45) is 0 Å². The Hall–Kier alpha value is -3.32. The lowest BCUT2D eigenvalue weighted by molar-refractivity contribution is 0.0992. The van der Waals surface area contributed by atoms with E-state index >= 15 is 0 Å². The fourth-order valence-electron chi connectivity index (χ4n) is 3.00. The summed E-state index contributed by atoms with van der Waals surface area (Å²) in [7, 11) is 0. The predicted molar refractivity (Wildman–Crippen MR) is 118 cm³/mol. The number of amides is 1. The van der Waals surface area contributed by atoms with Crippen LogP contribution in [0, 0.1) is 6.92 Å². The van der Waals surface area contributed by atoms with Crippen LogP contribution in [0.2, 0.25) is 0 Å². The van der Waals surface area contributed by atoms with E-state index in [0.717, 1.165) is 21.3 Å². The predicted octanol–water partition coefficient (Wildman–Crippen LogP) is 5.43. The number of benzene rings is 2. The number of hydrogen-bond donors (Lipinski definition) is 1. The van der Waals surface area contributed by atoms with E-state index in [9.17, 15) is 4.79 Å². The van der Waals surface area contributed by atoms with Crippen LogP contribution in [0.3, 0.4) is 0 Å². The zero-order valence-corrected chi connectivity index (χ0v) is 17.9. The molecule has 2 heterocycles. The average molecular weight is 466 g/mol. The Balaban J connectivity index is 1.37. The lowest BCUT2D eigenvalue weighted by Crippen LogP contribution is -2.11. The van der Waals surface area contributed by atoms with E-state index in [2.05, 4.69) is 26.3 Å². The monoisotopic (exact) mass is 465 g/mol. The molecular formula is C23H20BrN3O3. The minimum atomic E-state index is -0.309. The maximum atomic E-state index is 12.6. The van der Waals surface area contributed by atoms with Crippen LogP contribution < -0.4 is 10.1 Å². The molecule has 0 saturated carbocycles. The summed E-state index contributed by atoms with van der Waals surface area (Å²) in [6.07, 6.45) is 3.64. The smallest absolute Gasteiger partial charge is 0.291 e. The molecule has 0 spiro atoms. The summed E-state index contributed by atoms with van der Waals surface area (Å²) in [6.45, 7) is 2.85. The topological polar surface area (TPSA) is 69.3 Å². The number of carbonyl (C=O) groups is 1. The molecule has 4 rings (SSSR count). The van der Waals surface area contributed by atoms with Gasteiger partial charge in [-0.1, -0.05) is 30.3 Å². The molecule has 0 aliphatic carbocycles. The summed E-state index contributed by atoms with van der Waals surface area (Å²) in [5.41, 5.74) is 2.76. The van der Waals surface area contributed by atoms with Crippen molar-refractivity contribution in [1.82, 2.24) is 9.78 Å². The third-order valence-corrected chi connectivity index (χ3v) is 4.89. The molecule has 0 fully saturated rings. The number of aromatic nitrogens is 2. The zero-order chi connectivity index (χ0) is 20.9. The second-order valence-electron chi connectivity index (χ2n) is 6.83. The molecular weight excluding hydrogens is 446 g/mol. The van der Waals surface area contributed by atoms with E-state index in [-0.39, 0.29) is 18.3 Å². The van der Waals surface area contributed by atoms with Crippen LogP contribution in [0.1, 0.15) is 27.4 Å². The van der Waals surface area contributed by atoms with E-state index in [4.69, 9.17) is 9.15 Å². The minimum absolute atomic E-state index is 0.236. The standard InChI is InChI=1S/C23H20BrN3O3/c1-16-5-2-3-8-21(16)29-15-20-9-10-22(30-20)23(28)26-19-7-4-6-17(11-19)13-27-14-18(24)12-25-27/h2-12,14H,13,15H2,1H3,(H,26,28). The zero-order valence-electron chi connectivity index (χ0n) is 16.3. The number of aryl methyl sites for hydroxylation is 1. The Morgan fingerprint density at radius 3 is 2.83 bits per heavy atom. The van der Waals surface area contributed by atoms with Crippen molar-refractivity contribution in [3.05, 3.63) is 100 Å². The number of ether oxygens (including phenoxy) is 1. The molecule has 4 aromatic rings. The first-order chi connectivity index (χ1) is 14.6. The number of furan rings is 1. The summed E-state index contributed by atoms with van der Waals surface area (Å²) in [6, 6.07) is 18.8. The average Bonchev–Trinajstić information content (AvgIpc) is 3.37. The van der Waals surface area contributed by atoms with Gasteiger partial charge in [0, 0.05) is 11.9 Å². The highest BCUT2D eigenvalue weighted by Gasteiger charge is 2.12. The molecule has 1 N–H and O–H groups in total. The molecule has 6 nitrogen and oxygen atoms in total. The summed E-state index contributed by atoms with van der Waals surface area (Å²) < 4.78 is 14.2. The van der Waals surface area contributed by atoms with E-state index in [0.29, 0.717) is 18.0 Å². The second-order valence-corrected chi connectivity index (χ2v) is 7.75.